The molecule has 4 aliphatic rings. The average Bonchev–Trinajstić information content (AvgIpc) is 2.63. The van der Waals surface area contributed by atoms with Crippen LogP contribution in [0, 0.1) is 23.2 Å². The molecule has 8 heteroatoms. The Morgan fingerprint density at radius 3 is 2.14 bits per heavy atom. The van der Waals surface area contributed by atoms with Gasteiger partial charge >= 0.3 is 5.97 Å². The molecule has 152 valence electrons. The number of carboxylic acid groups (broad SMARTS) is 1. The highest BCUT2D eigenvalue weighted by Crippen LogP contribution is 2.61. The first kappa shape index (κ1) is 19.4. The van der Waals surface area contributed by atoms with Gasteiger partial charge in [0.15, 0.2) is 9.84 Å². The Bertz CT molecular complexity index is 893. The predicted molar refractivity (Wildman–Crippen MR) is 100 cm³/mol. The van der Waals surface area contributed by atoms with E-state index in [1.54, 1.807) is 0 Å². The molecule has 5 rings (SSSR count). The second-order valence-corrected chi connectivity index (χ2v) is 10.7. The van der Waals surface area contributed by atoms with Crippen molar-refractivity contribution in [2.75, 3.05) is 13.4 Å². The van der Waals surface area contributed by atoms with Crippen LogP contribution in [0.5, 0.6) is 0 Å². The molecule has 4 bridgehead atoms. The van der Waals surface area contributed by atoms with E-state index in [0.29, 0.717) is 24.3 Å². The fraction of sp³-hybridized carbons (Fsp3) is 0.600. The number of carbonyl (C=O) groups is 2. The van der Waals surface area contributed by atoms with Gasteiger partial charge in [0.25, 0.3) is 5.91 Å². The van der Waals surface area contributed by atoms with E-state index in [9.17, 15) is 23.1 Å². The fourth-order valence-electron chi connectivity index (χ4n) is 5.95. The maximum atomic E-state index is 13.1. The summed E-state index contributed by atoms with van der Waals surface area (Å²) in [5.74, 6) is -0.391. The highest BCUT2D eigenvalue weighted by Gasteiger charge is 2.60. The molecule has 0 spiro atoms. The van der Waals surface area contributed by atoms with E-state index in [0.717, 1.165) is 25.5 Å². The van der Waals surface area contributed by atoms with Gasteiger partial charge in [0.1, 0.15) is 0 Å². The zero-order chi connectivity index (χ0) is 20.3. The van der Waals surface area contributed by atoms with E-state index in [-0.39, 0.29) is 28.7 Å². The van der Waals surface area contributed by atoms with Crippen LogP contribution in [-0.2, 0) is 19.5 Å². The van der Waals surface area contributed by atoms with Crippen LogP contribution in [0.2, 0.25) is 0 Å². The van der Waals surface area contributed by atoms with E-state index < -0.39 is 21.2 Å². The number of hydrogen-bond donors (Lipinski definition) is 1. The summed E-state index contributed by atoms with van der Waals surface area (Å²) in [7, 11) is -1.87. The summed E-state index contributed by atoms with van der Waals surface area (Å²) in [6.07, 6.45) is 4.89. The number of hydroxylamine groups is 2. The standard InChI is InChI=1S/C20H25NO6S/c1-27-21(18(22)13-3-5-16(6-4-13)28(2,25)26)17-14-7-12-8-15(17)11-20(9-12,10-14)19(23)24/h3-6,12,14-15,17H,7-11H2,1-2H3,(H,23,24). The van der Waals surface area contributed by atoms with Crippen LogP contribution in [0.25, 0.3) is 0 Å². The van der Waals surface area contributed by atoms with Gasteiger partial charge < -0.3 is 5.11 Å². The average molecular weight is 407 g/mol. The van der Waals surface area contributed by atoms with Gasteiger partial charge in [-0.3, -0.25) is 14.4 Å². The third-order valence-electron chi connectivity index (χ3n) is 6.87. The number of amides is 1. The Labute approximate surface area is 164 Å². The Kier molecular flexibility index (Phi) is 4.54. The summed E-state index contributed by atoms with van der Waals surface area (Å²) < 4.78 is 23.3. The summed E-state index contributed by atoms with van der Waals surface area (Å²) in [6, 6.07) is 5.70. The fourth-order valence-corrected chi connectivity index (χ4v) is 6.58. The molecule has 1 aromatic carbocycles. The minimum Gasteiger partial charge on any atom is -0.481 e. The maximum Gasteiger partial charge on any atom is 0.309 e. The normalized spacial score (nSPS) is 33.6. The van der Waals surface area contributed by atoms with E-state index in [1.165, 1.54) is 36.4 Å². The molecule has 0 aromatic heterocycles. The number of aliphatic carboxylic acids is 1. The number of hydrogen-bond acceptors (Lipinski definition) is 5. The second kappa shape index (κ2) is 6.56. The Balaban J connectivity index is 1.60. The highest BCUT2D eigenvalue weighted by atomic mass is 32.2. The molecular weight excluding hydrogens is 382 g/mol. The Morgan fingerprint density at radius 1 is 1.11 bits per heavy atom. The van der Waals surface area contributed by atoms with Gasteiger partial charge in [-0.1, -0.05) is 0 Å². The number of carbonyl (C=O) groups excluding carboxylic acids is 1. The van der Waals surface area contributed by atoms with Crippen LogP contribution in [-0.4, -0.2) is 49.9 Å². The number of carboxylic acids is 1. The van der Waals surface area contributed by atoms with Gasteiger partial charge in [-0.05, 0) is 74.1 Å². The lowest BCUT2D eigenvalue weighted by Crippen LogP contribution is -2.61. The molecule has 4 saturated carbocycles. The van der Waals surface area contributed by atoms with Crippen molar-refractivity contribution in [2.24, 2.45) is 23.2 Å². The minimum atomic E-state index is -3.33. The van der Waals surface area contributed by atoms with Crippen molar-refractivity contribution in [3.8, 4) is 0 Å². The molecule has 0 radical (unpaired) electrons. The lowest BCUT2D eigenvalue weighted by molar-refractivity contribution is -0.208. The van der Waals surface area contributed by atoms with Crippen molar-refractivity contribution in [3.63, 3.8) is 0 Å². The molecule has 2 atom stereocenters. The van der Waals surface area contributed by atoms with Crippen molar-refractivity contribution in [3.05, 3.63) is 29.8 Å². The lowest BCUT2D eigenvalue weighted by atomic mass is 9.48. The van der Waals surface area contributed by atoms with Gasteiger partial charge in [0.2, 0.25) is 0 Å². The van der Waals surface area contributed by atoms with E-state index in [1.807, 2.05) is 0 Å². The summed E-state index contributed by atoms with van der Waals surface area (Å²) in [5.41, 5.74) is -0.289. The van der Waals surface area contributed by atoms with Gasteiger partial charge in [-0.25, -0.2) is 13.5 Å². The Morgan fingerprint density at radius 2 is 1.68 bits per heavy atom. The topological polar surface area (TPSA) is 101 Å². The van der Waals surface area contributed by atoms with Gasteiger partial charge in [0.05, 0.1) is 23.5 Å². The van der Waals surface area contributed by atoms with Gasteiger partial charge in [-0.15, -0.1) is 0 Å². The lowest BCUT2D eigenvalue weighted by Gasteiger charge is -2.59. The molecule has 4 fully saturated rings. The monoisotopic (exact) mass is 407 g/mol. The van der Waals surface area contributed by atoms with Crippen LogP contribution in [0.1, 0.15) is 42.5 Å². The Hall–Kier alpha value is -1.93. The summed E-state index contributed by atoms with van der Waals surface area (Å²) >= 11 is 0. The zero-order valence-corrected chi connectivity index (χ0v) is 16.8. The largest absolute Gasteiger partial charge is 0.481 e. The quantitative estimate of drug-likeness (QED) is 0.752. The van der Waals surface area contributed by atoms with Gasteiger partial charge in [0, 0.05) is 11.8 Å². The van der Waals surface area contributed by atoms with Crippen LogP contribution in [0.15, 0.2) is 29.2 Å². The van der Waals surface area contributed by atoms with Crippen molar-refractivity contribution in [2.45, 2.75) is 43.0 Å². The maximum absolute atomic E-state index is 13.1. The third-order valence-corrected chi connectivity index (χ3v) is 8.00. The van der Waals surface area contributed by atoms with Crippen LogP contribution >= 0.6 is 0 Å². The van der Waals surface area contributed by atoms with Crippen molar-refractivity contribution in [1.29, 1.82) is 0 Å². The first-order valence-corrected chi connectivity index (χ1v) is 11.4. The molecule has 0 heterocycles. The molecule has 0 saturated heterocycles. The molecule has 2 unspecified atom stereocenters. The first-order valence-electron chi connectivity index (χ1n) is 9.56. The molecule has 1 aromatic rings. The summed E-state index contributed by atoms with van der Waals surface area (Å²) in [4.78, 5) is 30.7. The molecular formula is C20H25NO6S. The second-order valence-electron chi connectivity index (χ2n) is 8.66. The molecule has 4 aliphatic carbocycles. The molecule has 1 amide bonds. The van der Waals surface area contributed by atoms with E-state index >= 15 is 0 Å². The van der Waals surface area contributed by atoms with Crippen LogP contribution in [0.4, 0.5) is 0 Å². The number of sulfone groups is 1. The predicted octanol–water partition coefficient (Wildman–Crippen LogP) is 2.37. The highest BCUT2D eigenvalue weighted by molar-refractivity contribution is 7.90. The molecule has 28 heavy (non-hydrogen) atoms. The van der Waals surface area contributed by atoms with E-state index in [2.05, 4.69) is 0 Å². The number of benzene rings is 1. The summed E-state index contributed by atoms with van der Waals surface area (Å²) in [5, 5.41) is 11.2. The SMILES string of the molecule is CON(C(=O)c1ccc(S(C)(=O)=O)cc1)C1C2CC3CC1CC(C(=O)O)(C3)C2. The smallest absolute Gasteiger partial charge is 0.309 e. The van der Waals surface area contributed by atoms with Gasteiger partial charge in [-0.2, -0.15) is 0 Å². The van der Waals surface area contributed by atoms with Crippen LogP contribution in [0.3, 0.4) is 0 Å². The first-order chi connectivity index (χ1) is 13.1. The molecule has 7 nitrogen and oxygen atoms in total. The molecule has 0 aliphatic heterocycles. The number of nitrogens with zero attached hydrogens (tertiary/aromatic N) is 1. The molecule has 1 N–H and O–H groups in total. The van der Waals surface area contributed by atoms with Crippen molar-refractivity contribution in [1.82, 2.24) is 5.06 Å². The van der Waals surface area contributed by atoms with Crippen molar-refractivity contribution >= 4 is 21.7 Å². The summed E-state index contributed by atoms with van der Waals surface area (Å²) in [6.45, 7) is 0. The van der Waals surface area contributed by atoms with Crippen LogP contribution < -0.4 is 0 Å². The zero-order valence-electron chi connectivity index (χ0n) is 16.0. The van der Waals surface area contributed by atoms with E-state index in [4.69, 9.17) is 4.84 Å². The number of rotatable bonds is 5. The minimum absolute atomic E-state index is 0.113. The van der Waals surface area contributed by atoms with Crippen molar-refractivity contribution < 1.29 is 28.0 Å². The third kappa shape index (κ3) is 3.03.